The van der Waals surface area contributed by atoms with Gasteiger partial charge in [0.2, 0.25) is 0 Å². The van der Waals surface area contributed by atoms with Gasteiger partial charge in [0.05, 0.1) is 11.8 Å². The van der Waals surface area contributed by atoms with E-state index >= 15 is 0 Å². The first-order chi connectivity index (χ1) is 13.1. The Bertz CT molecular complexity index is 953. The standard InChI is InChI=1S/C21H15FN2O3/c22-18-10-8-16(9-11-18)20(25)24-23-14-15-6-12-19(13-7-15)27-21(26)17-4-2-1-3-5-17/h1-14H,(H,24,25)/b23-14+. The van der Waals surface area contributed by atoms with E-state index in [4.69, 9.17) is 4.74 Å². The highest BCUT2D eigenvalue weighted by Crippen LogP contribution is 2.13. The fraction of sp³-hybridized carbons (Fsp3) is 0. The molecule has 27 heavy (non-hydrogen) atoms. The van der Waals surface area contributed by atoms with Crippen LogP contribution in [0, 0.1) is 5.82 Å². The summed E-state index contributed by atoms with van der Waals surface area (Å²) >= 11 is 0. The molecule has 0 aliphatic rings. The highest BCUT2D eigenvalue weighted by Gasteiger charge is 2.07. The molecule has 3 aromatic rings. The van der Waals surface area contributed by atoms with Gasteiger partial charge in [-0.25, -0.2) is 14.6 Å². The molecule has 0 fully saturated rings. The zero-order chi connectivity index (χ0) is 19.1. The quantitative estimate of drug-likeness (QED) is 0.325. The van der Waals surface area contributed by atoms with Gasteiger partial charge in [-0.2, -0.15) is 5.10 Å². The Kier molecular flexibility index (Phi) is 5.69. The summed E-state index contributed by atoms with van der Waals surface area (Å²) in [4.78, 5) is 23.8. The average Bonchev–Trinajstić information content (AvgIpc) is 2.70. The van der Waals surface area contributed by atoms with E-state index in [9.17, 15) is 14.0 Å². The minimum absolute atomic E-state index is 0.303. The molecular weight excluding hydrogens is 347 g/mol. The predicted molar refractivity (Wildman–Crippen MR) is 99.3 cm³/mol. The van der Waals surface area contributed by atoms with Gasteiger partial charge in [0, 0.05) is 5.56 Å². The summed E-state index contributed by atoms with van der Waals surface area (Å²) in [6, 6.07) is 20.5. The molecular formula is C21H15FN2O3. The Hall–Kier alpha value is -3.80. The molecule has 5 nitrogen and oxygen atoms in total. The van der Waals surface area contributed by atoms with Crippen LogP contribution in [0.4, 0.5) is 4.39 Å². The second-order valence-electron chi connectivity index (χ2n) is 5.53. The van der Waals surface area contributed by atoms with Gasteiger partial charge >= 0.3 is 5.97 Å². The van der Waals surface area contributed by atoms with Crippen molar-refractivity contribution in [2.45, 2.75) is 0 Å². The lowest BCUT2D eigenvalue weighted by molar-refractivity contribution is 0.0734. The van der Waals surface area contributed by atoms with Gasteiger partial charge in [-0.05, 0) is 66.2 Å². The number of carbonyl (C=O) groups excluding carboxylic acids is 2. The number of amides is 1. The Morgan fingerprint density at radius 1 is 0.852 bits per heavy atom. The normalized spacial score (nSPS) is 10.6. The number of nitrogens with zero attached hydrogens (tertiary/aromatic N) is 1. The molecule has 0 aromatic heterocycles. The van der Waals surface area contributed by atoms with Crippen molar-refractivity contribution in [3.63, 3.8) is 0 Å². The molecule has 0 aliphatic carbocycles. The molecule has 0 aliphatic heterocycles. The van der Waals surface area contributed by atoms with Gasteiger partial charge in [0.25, 0.3) is 5.91 Å². The van der Waals surface area contributed by atoms with E-state index in [-0.39, 0.29) is 0 Å². The van der Waals surface area contributed by atoms with Crippen molar-refractivity contribution in [2.75, 3.05) is 0 Å². The largest absolute Gasteiger partial charge is 0.423 e. The lowest BCUT2D eigenvalue weighted by Gasteiger charge is -2.04. The minimum Gasteiger partial charge on any atom is -0.423 e. The van der Waals surface area contributed by atoms with E-state index in [2.05, 4.69) is 10.5 Å². The Balaban J connectivity index is 1.55. The van der Waals surface area contributed by atoms with E-state index < -0.39 is 17.7 Å². The smallest absolute Gasteiger partial charge is 0.343 e. The third-order valence-electron chi connectivity index (χ3n) is 3.59. The third-order valence-corrected chi connectivity index (χ3v) is 3.59. The zero-order valence-electron chi connectivity index (χ0n) is 14.1. The first-order valence-corrected chi connectivity index (χ1v) is 8.08. The lowest BCUT2D eigenvalue weighted by atomic mass is 10.2. The number of hydrazone groups is 1. The van der Waals surface area contributed by atoms with Gasteiger partial charge in [0.15, 0.2) is 0 Å². The minimum atomic E-state index is -0.445. The second-order valence-corrected chi connectivity index (χ2v) is 5.53. The van der Waals surface area contributed by atoms with E-state index in [0.717, 1.165) is 0 Å². The summed E-state index contributed by atoms with van der Waals surface area (Å²) in [5, 5.41) is 3.85. The maximum atomic E-state index is 12.8. The first kappa shape index (κ1) is 18.0. The van der Waals surface area contributed by atoms with Gasteiger partial charge < -0.3 is 4.74 Å². The maximum Gasteiger partial charge on any atom is 0.343 e. The molecule has 0 spiro atoms. The Morgan fingerprint density at radius 2 is 1.52 bits per heavy atom. The number of hydrogen-bond acceptors (Lipinski definition) is 4. The van der Waals surface area contributed by atoms with Crippen LogP contribution in [-0.2, 0) is 0 Å². The van der Waals surface area contributed by atoms with Crippen LogP contribution in [0.25, 0.3) is 0 Å². The summed E-state index contributed by atoms with van der Waals surface area (Å²) in [6.07, 6.45) is 1.45. The summed E-state index contributed by atoms with van der Waals surface area (Å²) in [7, 11) is 0. The summed E-state index contributed by atoms with van der Waals surface area (Å²) in [5.41, 5.74) is 3.83. The van der Waals surface area contributed by atoms with Crippen molar-refractivity contribution in [1.29, 1.82) is 0 Å². The van der Waals surface area contributed by atoms with Crippen LogP contribution in [-0.4, -0.2) is 18.1 Å². The molecule has 0 heterocycles. The fourth-order valence-electron chi connectivity index (χ4n) is 2.19. The highest BCUT2D eigenvalue weighted by molar-refractivity contribution is 5.95. The fourth-order valence-corrected chi connectivity index (χ4v) is 2.19. The average molecular weight is 362 g/mol. The van der Waals surface area contributed by atoms with E-state index in [1.165, 1.54) is 30.5 Å². The van der Waals surface area contributed by atoms with Crippen molar-refractivity contribution in [1.82, 2.24) is 5.43 Å². The summed E-state index contributed by atoms with van der Waals surface area (Å²) in [5.74, 6) is -0.900. The van der Waals surface area contributed by atoms with E-state index in [1.54, 1.807) is 48.5 Å². The van der Waals surface area contributed by atoms with Crippen molar-refractivity contribution in [3.8, 4) is 5.75 Å². The second kappa shape index (κ2) is 8.53. The van der Waals surface area contributed by atoms with Crippen molar-refractivity contribution in [3.05, 3.63) is 101 Å². The molecule has 0 atom stereocenters. The van der Waals surface area contributed by atoms with Crippen molar-refractivity contribution < 1.29 is 18.7 Å². The SMILES string of the molecule is O=C(N/N=C/c1ccc(OC(=O)c2ccccc2)cc1)c1ccc(F)cc1. The highest BCUT2D eigenvalue weighted by atomic mass is 19.1. The summed E-state index contributed by atoms with van der Waals surface area (Å²) < 4.78 is 18.1. The number of benzene rings is 3. The number of rotatable bonds is 5. The lowest BCUT2D eigenvalue weighted by Crippen LogP contribution is -2.17. The van der Waals surface area contributed by atoms with E-state index in [1.807, 2.05) is 6.07 Å². The van der Waals surface area contributed by atoms with Crippen LogP contribution in [0.3, 0.4) is 0 Å². The van der Waals surface area contributed by atoms with Crippen LogP contribution in [0.2, 0.25) is 0 Å². The molecule has 3 aromatic carbocycles. The maximum absolute atomic E-state index is 12.8. The van der Waals surface area contributed by atoms with Crippen LogP contribution in [0.1, 0.15) is 26.3 Å². The molecule has 1 amide bonds. The first-order valence-electron chi connectivity index (χ1n) is 8.08. The van der Waals surface area contributed by atoms with Gasteiger partial charge in [-0.3, -0.25) is 4.79 Å². The zero-order valence-corrected chi connectivity index (χ0v) is 14.1. The molecule has 0 unspecified atom stereocenters. The van der Waals surface area contributed by atoms with Gasteiger partial charge in [-0.15, -0.1) is 0 Å². The molecule has 1 N–H and O–H groups in total. The number of esters is 1. The number of ether oxygens (including phenoxy) is 1. The number of halogens is 1. The molecule has 0 bridgehead atoms. The molecule has 134 valence electrons. The monoisotopic (exact) mass is 362 g/mol. The van der Waals surface area contributed by atoms with Crippen LogP contribution in [0.15, 0.2) is 84.0 Å². The molecule has 0 saturated heterocycles. The molecule has 6 heteroatoms. The van der Waals surface area contributed by atoms with E-state index in [0.29, 0.717) is 22.4 Å². The Labute approximate surface area is 155 Å². The van der Waals surface area contributed by atoms with Crippen LogP contribution in [0.5, 0.6) is 5.75 Å². The van der Waals surface area contributed by atoms with Gasteiger partial charge in [-0.1, -0.05) is 18.2 Å². The molecule has 0 saturated carbocycles. The number of nitrogens with one attached hydrogen (secondary N) is 1. The van der Waals surface area contributed by atoms with Gasteiger partial charge in [0.1, 0.15) is 11.6 Å². The topological polar surface area (TPSA) is 67.8 Å². The molecule has 3 rings (SSSR count). The van der Waals surface area contributed by atoms with Crippen LogP contribution < -0.4 is 10.2 Å². The Morgan fingerprint density at radius 3 is 2.19 bits per heavy atom. The number of hydrogen-bond donors (Lipinski definition) is 1. The summed E-state index contributed by atoms with van der Waals surface area (Å²) in [6.45, 7) is 0. The van der Waals surface area contributed by atoms with Crippen molar-refractivity contribution in [2.24, 2.45) is 5.10 Å². The van der Waals surface area contributed by atoms with Crippen LogP contribution >= 0.6 is 0 Å². The number of carbonyl (C=O) groups is 2. The molecule has 0 radical (unpaired) electrons. The predicted octanol–water partition coefficient (Wildman–Crippen LogP) is 3.81. The van der Waals surface area contributed by atoms with Crippen molar-refractivity contribution >= 4 is 18.1 Å². The third kappa shape index (κ3) is 5.09.